The summed E-state index contributed by atoms with van der Waals surface area (Å²) in [4.78, 5) is 15.6. The number of hydrogen-bond donors (Lipinski definition) is 0. The Kier molecular flexibility index (Phi) is 6.93. The van der Waals surface area contributed by atoms with Gasteiger partial charge in [-0.25, -0.2) is 0 Å². The normalized spacial score (nSPS) is 16.5. The zero-order valence-corrected chi connectivity index (χ0v) is 19.7. The third-order valence-corrected chi connectivity index (χ3v) is 6.20. The SMILES string of the molecule is C=CC1=C(/C=C(\C)OCCN(CC)CC)C(C)(C)c2oc3cc(C(F)(F)F)ccc3c2C1=O. The first-order valence-corrected chi connectivity index (χ1v) is 11.0. The van der Waals surface area contributed by atoms with E-state index in [1.165, 1.54) is 12.1 Å². The van der Waals surface area contributed by atoms with E-state index in [9.17, 15) is 18.0 Å². The molecule has 2 aromatic rings. The maximum atomic E-state index is 13.4. The molecule has 1 aliphatic carbocycles. The molecule has 0 fully saturated rings. The van der Waals surface area contributed by atoms with Crippen molar-refractivity contribution in [3.63, 3.8) is 0 Å². The molecule has 0 radical (unpaired) electrons. The van der Waals surface area contributed by atoms with E-state index in [2.05, 4.69) is 25.3 Å². The van der Waals surface area contributed by atoms with E-state index in [4.69, 9.17) is 9.15 Å². The molecular weight excluding hydrogens is 431 g/mol. The van der Waals surface area contributed by atoms with Crippen LogP contribution in [-0.2, 0) is 16.3 Å². The number of likely N-dealkylation sites (N-methyl/N-ethyl adjacent to an activating group) is 1. The molecule has 0 bridgehead atoms. The fourth-order valence-corrected chi connectivity index (χ4v) is 4.24. The molecule has 178 valence electrons. The second kappa shape index (κ2) is 9.21. The highest BCUT2D eigenvalue weighted by atomic mass is 19.4. The van der Waals surface area contributed by atoms with Crippen molar-refractivity contribution in [1.82, 2.24) is 4.90 Å². The minimum atomic E-state index is -4.50. The summed E-state index contributed by atoms with van der Waals surface area (Å²) in [5.41, 5.74) is -0.228. The van der Waals surface area contributed by atoms with Crippen LogP contribution in [0.1, 0.15) is 56.3 Å². The van der Waals surface area contributed by atoms with Gasteiger partial charge in [0.25, 0.3) is 0 Å². The number of furan rings is 1. The fraction of sp³-hybridized carbons (Fsp3) is 0.423. The van der Waals surface area contributed by atoms with E-state index in [1.54, 1.807) is 6.08 Å². The number of alkyl halides is 3. The molecule has 1 aliphatic rings. The number of ketones is 1. The molecule has 0 saturated heterocycles. The lowest BCUT2D eigenvalue weighted by Gasteiger charge is -2.31. The summed E-state index contributed by atoms with van der Waals surface area (Å²) in [6, 6.07) is 3.22. The smallest absolute Gasteiger partial charge is 0.416 e. The summed E-state index contributed by atoms with van der Waals surface area (Å²) in [7, 11) is 0. The molecule has 0 unspecified atom stereocenters. The lowest BCUT2D eigenvalue weighted by molar-refractivity contribution is -0.137. The molecule has 0 amide bonds. The lowest BCUT2D eigenvalue weighted by Crippen LogP contribution is -2.29. The van der Waals surface area contributed by atoms with E-state index < -0.39 is 17.2 Å². The molecule has 0 atom stereocenters. The molecule has 7 heteroatoms. The van der Waals surface area contributed by atoms with Gasteiger partial charge in [-0.05, 0) is 63.7 Å². The van der Waals surface area contributed by atoms with Crippen LogP contribution >= 0.6 is 0 Å². The van der Waals surface area contributed by atoms with E-state index in [0.717, 1.165) is 31.8 Å². The maximum absolute atomic E-state index is 13.4. The van der Waals surface area contributed by atoms with Crippen LogP contribution in [0.5, 0.6) is 0 Å². The molecule has 1 aromatic carbocycles. The third kappa shape index (κ3) is 4.64. The summed E-state index contributed by atoms with van der Waals surface area (Å²) in [5, 5.41) is 0.366. The van der Waals surface area contributed by atoms with Gasteiger partial charge in [0.1, 0.15) is 18.0 Å². The van der Waals surface area contributed by atoms with Crippen LogP contribution in [0.25, 0.3) is 11.0 Å². The van der Waals surface area contributed by atoms with Crippen molar-refractivity contribution in [1.29, 1.82) is 0 Å². The topological polar surface area (TPSA) is 42.7 Å². The largest absolute Gasteiger partial charge is 0.497 e. The Hall–Kier alpha value is -2.80. The predicted molar refractivity (Wildman–Crippen MR) is 123 cm³/mol. The van der Waals surface area contributed by atoms with E-state index in [0.29, 0.717) is 34.7 Å². The summed E-state index contributed by atoms with van der Waals surface area (Å²) < 4.78 is 51.4. The molecule has 0 saturated carbocycles. The molecule has 1 heterocycles. The van der Waals surface area contributed by atoms with Gasteiger partial charge in [-0.1, -0.05) is 26.5 Å². The first-order chi connectivity index (χ1) is 15.4. The number of fused-ring (bicyclic) bond motifs is 3. The van der Waals surface area contributed by atoms with Crippen molar-refractivity contribution in [2.45, 2.75) is 46.2 Å². The molecule has 0 spiro atoms. The minimum absolute atomic E-state index is 0.0390. The van der Waals surface area contributed by atoms with E-state index >= 15 is 0 Å². The zero-order chi connectivity index (χ0) is 24.6. The first-order valence-electron chi connectivity index (χ1n) is 11.0. The molecule has 33 heavy (non-hydrogen) atoms. The minimum Gasteiger partial charge on any atom is -0.497 e. The molecule has 0 aliphatic heterocycles. The predicted octanol–water partition coefficient (Wildman–Crippen LogP) is 6.67. The summed E-state index contributed by atoms with van der Waals surface area (Å²) >= 11 is 0. The molecular formula is C26H30F3NO3. The zero-order valence-electron chi connectivity index (χ0n) is 19.7. The summed E-state index contributed by atoms with van der Waals surface area (Å²) in [6.45, 7) is 16.7. The van der Waals surface area contributed by atoms with E-state index in [1.807, 2.05) is 20.8 Å². The summed E-state index contributed by atoms with van der Waals surface area (Å²) in [5.74, 6) is 0.658. The molecule has 3 rings (SSSR count). The number of hydrogen-bond acceptors (Lipinski definition) is 4. The summed E-state index contributed by atoms with van der Waals surface area (Å²) in [6.07, 6.45) is -1.21. The standard InChI is InChI=1S/C26H30F3NO3/c1-7-18-20(14-16(4)32-13-12-30(8-2)9-3)25(5,6)24-22(23(18)31)19-11-10-17(26(27,28)29)15-21(19)33-24/h7,10-11,14-15H,1,8-9,12-13H2,2-6H3/b16-14+. The van der Waals surface area contributed by atoms with Crippen LogP contribution in [0.4, 0.5) is 13.2 Å². The monoisotopic (exact) mass is 461 g/mol. The van der Waals surface area contributed by atoms with Gasteiger partial charge in [-0.2, -0.15) is 13.2 Å². The Morgan fingerprint density at radius 3 is 2.48 bits per heavy atom. The van der Waals surface area contributed by atoms with Crippen LogP contribution in [0.2, 0.25) is 0 Å². The Bertz CT molecular complexity index is 1130. The Morgan fingerprint density at radius 2 is 1.91 bits per heavy atom. The lowest BCUT2D eigenvalue weighted by atomic mass is 9.71. The fourth-order valence-electron chi connectivity index (χ4n) is 4.24. The van der Waals surface area contributed by atoms with Crippen molar-refractivity contribution < 1.29 is 27.1 Å². The average molecular weight is 462 g/mol. The number of rotatable bonds is 8. The molecule has 4 nitrogen and oxygen atoms in total. The van der Waals surface area contributed by atoms with Crippen molar-refractivity contribution >= 4 is 16.8 Å². The van der Waals surface area contributed by atoms with Gasteiger partial charge in [0.05, 0.1) is 16.9 Å². The van der Waals surface area contributed by atoms with Gasteiger partial charge < -0.3 is 14.1 Å². The molecule has 0 N–H and O–H groups in total. The van der Waals surface area contributed by atoms with Gasteiger partial charge in [-0.15, -0.1) is 0 Å². The number of ether oxygens (including phenoxy) is 1. The highest BCUT2D eigenvalue weighted by Gasteiger charge is 2.42. The van der Waals surface area contributed by atoms with Crippen molar-refractivity contribution in [3.8, 4) is 0 Å². The number of benzene rings is 1. The second-order valence-electron chi connectivity index (χ2n) is 8.63. The Balaban J connectivity index is 2.03. The van der Waals surface area contributed by atoms with Crippen molar-refractivity contribution in [3.05, 3.63) is 70.7 Å². The number of halogens is 3. The quantitative estimate of drug-likeness (QED) is 0.412. The number of carbonyl (C=O) groups excluding carboxylic acids is 1. The van der Waals surface area contributed by atoms with Gasteiger partial charge >= 0.3 is 6.18 Å². The Labute approximate surface area is 192 Å². The molecule has 1 aromatic heterocycles. The van der Waals surface area contributed by atoms with Gasteiger partial charge in [-0.3, -0.25) is 4.79 Å². The number of carbonyl (C=O) groups is 1. The third-order valence-electron chi connectivity index (χ3n) is 6.20. The van der Waals surface area contributed by atoms with Crippen LogP contribution in [0.3, 0.4) is 0 Å². The van der Waals surface area contributed by atoms with Gasteiger partial charge in [0, 0.05) is 22.9 Å². The number of nitrogens with zero attached hydrogens (tertiary/aromatic N) is 1. The number of allylic oxidation sites excluding steroid dienone is 5. The Morgan fingerprint density at radius 1 is 1.24 bits per heavy atom. The average Bonchev–Trinajstić information content (AvgIpc) is 3.15. The maximum Gasteiger partial charge on any atom is 0.416 e. The highest BCUT2D eigenvalue weighted by Crippen LogP contribution is 2.47. The first kappa shape index (κ1) is 24.8. The van der Waals surface area contributed by atoms with Crippen LogP contribution < -0.4 is 0 Å². The van der Waals surface area contributed by atoms with Crippen LogP contribution in [0.15, 0.2) is 58.3 Å². The van der Waals surface area contributed by atoms with Gasteiger partial charge in [0.15, 0.2) is 5.78 Å². The van der Waals surface area contributed by atoms with Crippen LogP contribution in [-0.4, -0.2) is 36.9 Å². The van der Waals surface area contributed by atoms with Crippen molar-refractivity contribution in [2.24, 2.45) is 0 Å². The van der Waals surface area contributed by atoms with Crippen molar-refractivity contribution in [2.75, 3.05) is 26.2 Å². The second-order valence-corrected chi connectivity index (χ2v) is 8.63. The highest BCUT2D eigenvalue weighted by molar-refractivity contribution is 6.20. The van der Waals surface area contributed by atoms with Crippen LogP contribution in [0, 0.1) is 0 Å². The van der Waals surface area contributed by atoms with E-state index in [-0.39, 0.29) is 16.9 Å². The van der Waals surface area contributed by atoms with Gasteiger partial charge in [0.2, 0.25) is 0 Å². The number of Topliss-reactive ketones (excluding diaryl/α,β-unsaturated/α-hetero) is 1.